The molecule has 0 aliphatic heterocycles. The van der Waals surface area contributed by atoms with Crippen molar-refractivity contribution in [2.45, 2.75) is 6.92 Å². The summed E-state index contributed by atoms with van der Waals surface area (Å²) in [6.07, 6.45) is 1.75. The number of aromatic nitrogens is 1. The van der Waals surface area contributed by atoms with Crippen LogP contribution in [-0.4, -0.2) is 4.98 Å². The Labute approximate surface area is 98.9 Å². The Kier molecular flexibility index (Phi) is 2.11. The van der Waals surface area contributed by atoms with Gasteiger partial charge in [0, 0.05) is 11.6 Å². The van der Waals surface area contributed by atoms with E-state index in [2.05, 4.69) is 4.98 Å². The standard InChI is InChI=1S/C14H12N2O/c1-9-6-11(14(15)16-8-9)13-7-10-4-2-3-5-12(10)17-13/h2-8H,1H3,(H2,15,16). The van der Waals surface area contributed by atoms with Crippen molar-refractivity contribution < 1.29 is 4.42 Å². The zero-order valence-electron chi connectivity index (χ0n) is 9.47. The van der Waals surface area contributed by atoms with Crippen molar-refractivity contribution in [1.29, 1.82) is 0 Å². The molecule has 84 valence electrons. The lowest BCUT2D eigenvalue weighted by molar-refractivity contribution is 0.631. The molecule has 0 radical (unpaired) electrons. The van der Waals surface area contributed by atoms with Gasteiger partial charge in [0.1, 0.15) is 17.2 Å². The van der Waals surface area contributed by atoms with Crippen LogP contribution in [0.2, 0.25) is 0 Å². The van der Waals surface area contributed by atoms with Gasteiger partial charge in [-0.05, 0) is 30.7 Å². The Morgan fingerprint density at radius 3 is 2.82 bits per heavy atom. The molecular weight excluding hydrogens is 212 g/mol. The van der Waals surface area contributed by atoms with E-state index in [1.165, 1.54) is 0 Å². The van der Waals surface area contributed by atoms with Crippen molar-refractivity contribution in [2.24, 2.45) is 0 Å². The minimum atomic E-state index is 0.495. The number of furan rings is 1. The molecule has 0 aliphatic carbocycles. The maximum absolute atomic E-state index is 5.87. The number of nitrogens with zero attached hydrogens (tertiary/aromatic N) is 1. The van der Waals surface area contributed by atoms with Crippen LogP contribution in [0.4, 0.5) is 5.82 Å². The van der Waals surface area contributed by atoms with Crippen LogP contribution in [-0.2, 0) is 0 Å². The highest BCUT2D eigenvalue weighted by molar-refractivity contribution is 5.84. The van der Waals surface area contributed by atoms with Gasteiger partial charge >= 0.3 is 0 Å². The van der Waals surface area contributed by atoms with Crippen molar-refractivity contribution in [2.75, 3.05) is 5.73 Å². The number of hydrogen-bond donors (Lipinski definition) is 1. The predicted octanol–water partition coefficient (Wildman–Crippen LogP) is 3.39. The van der Waals surface area contributed by atoms with Gasteiger partial charge in [-0.3, -0.25) is 0 Å². The topological polar surface area (TPSA) is 52.0 Å². The second-order valence-corrected chi connectivity index (χ2v) is 4.09. The third kappa shape index (κ3) is 1.65. The number of benzene rings is 1. The summed E-state index contributed by atoms with van der Waals surface area (Å²) in [6.45, 7) is 1.98. The third-order valence-corrected chi connectivity index (χ3v) is 2.75. The fourth-order valence-corrected chi connectivity index (χ4v) is 1.89. The Balaban J connectivity index is 2.23. The van der Waals surface area contributed by atoms with E-state index < -0.39 is 0 Å². The molecule has 0 saturated heterocycles. The molecule has 0 aliphatic rings. The number of anilines is 1. The first-order valence-electron chi connectivity index (χ1n) is 5.45. The summed E-state index contributed by atoms with van der Waals surface area (Å²) < 4.78 is 5.77. The van der Waals surface area contributed by atoms with Crippen LogP contribution in [0.5, 0.6) is 0 Å². The molecular formula is C14H12N2O. The highest BCUT2D eigenvalue weighted by Gasteiger charge is 2.09. The Morgan fingerprint density at radius 1 is 1.18 bits per heavy atom. The van der Waals surface area contributed by atoms with Crippen LogP contribution in [0.15, 0.2) is 47.0 Å². The molecule has 0 bridgehead atoms. The lowest BCUT2D eigenvalue weighted by atomic mass is 10.1. The van der Waals surface area contributed by atoms with E-state index in [9.17, 15) is 0 Å². The molecule has 0 atom stereocenters. The molecule has 3 rings (SSSR count). The van der Waals surface area contributed by atoms with E-state index in [-0.39, 0.29) is 0 Å². The van der Waals surface area contributed by atoms with Crippen LogP contribution in [0.1, 0.15) is 5.56 Å². The first-order valence-corrected chi connectivity index (χ1v) is 5.45. The monoisotopic (exact) mass is 224 g/mol. The van der Waals surface area contributed by atoms with E-state index in [4.69, 9.17) is 10.2 Å². The van der Waals surface area contributed by atoms with Crippen molar-refractivity contribution in [1.82, 2.24) is 4.98 Å². The zero-order chi connectivity index (χ0) is 11.8. The van der Waals surface area contributed by atoms with Crippen molar-refractivity contribution in [3.05, 3.63) is 48.2 Å². The van der Waals surface area contributed by atoms with Gasteiger partial charge in [0.25, 0.3) is 0 Å². The van der Waals surface area contributed by atoms with Gasteiger partial charge in [-0.25, -0.2) is 4.98 Å². The van der Waals surface area contributed by atoms with Gasteiger partial charge in [-0.1, -0.05) is 18.2 Å². The van der Waals surface area contributed by atoms with E-state index in [1.54, 1.807) is 6.20 Å². The fraction of sp³-hybridized carbons (Fsp3) is 0.0714. The molecule has 2 aromatic heterocycles. The molecule has 0 spiro atoms. The Hall–Kier alpha value is -2.29. The Morgan fingerprint density at radius 2 is 2.00 bits per heavy atom. The van der Waals surface area contributed by atoms with E-state index in [1.807, 2.05) is 43.3 Å². The van der Waals surface area contributed by atoms with Gasteiger partial charge in [0.2, 0.25) is 0 Å². The summed E-state index contributed by atoms with van der Waals surface area (Å²) in [7, 11) is 0. The van der Waals surface area contributed by atoms with Gasteiger partial charge < -0.3 is 10.2 Å². The summed E-state index contributed by atoms with van der Waals surface area (Å²) in [5.41, 5.74) is 8.65. The average molecular weight is 224 g/mol. The molecule has 2 N–H and O–H groups in total. The number of nitrogens with two attached hydrogens (primary N) is 1. The van der Waals surface area contributed by atoms with Crippen molar-refractivity contribution in [3.63, 3.8) is 0 Å². The van der Waals surface area contributed by atoms with Crippen LogP contribution in [0.25, 0.3) is 22.3 Å². The van der Waals surface area contributed by atoms with Crippen molar-refractivity contribution in [3.8, 4) is 11.3 Å². The molecule has 0 unspecified atom stereocenters. The van der Waals surface area contributed by atoms with Gasteiger partial charge in [-0.2, -0.15) is 0 Å². The summed E-state index contributed by atoms with van der Waals surface area (Å²) in [5, 5.41) is 1.07. The third-order valence-electron chi connectivity index (χ3n) is 2.75. The fourth-order valence-electron chi connectivity index (χ4n) is 1.89. The lowest BCUT2D eigenvalue weighted by Gasteiger charge is -2.01. The first-order chi connectivity index (χ1) is 8.24. The lowest BCUT2D eigenvalue weighted by Crippen LogP contribution is -1.93. The smallest absolute Gasteiger partial charge is 0.139 e. The largest absolute Gasteiger partial charge is 0.456 e. The molecule has 0 fully saturated rings. The SMILES string of the molecule is Cc1cnc(N)c(-c2cc3ccccc3o2)c1. The second-order valence-electron chi connectivity index (χ2n) is 4.09. The average Bonchev–Trinajstić information content (AvgIpc) is 2.75. The number of rotatable bonds is 1. The minimum Gasteiger partial charge on any atom is -0.456 e. The van der Waals surface area contributed by atoms with Crippen LogP contribution in [0.3, 0.4) is 0 Å². The first kappa shape index (κ1) is 9.90. The summed E-state index contributed by atoms with van der Waals surface area (Å²) >= 11 is 0. The number of pyridine rings is 1. The number of fused-ring (bicyclic) bond motifs is 1. The zero-order valence-corrected chi connectivity index (χ0v) is 9.47. The minimum absolute atomic E-state index is 0.495. The molecule has 3 aromatic rings. The molecule has 3 nitrogen and oxygen atoms in total. The normalized spacial score (nSPS) is 10.9. The molecule has 3 heteroatoms. The maximum atomic E-state index is 5.87. The van der Waals surface area contributed by atoms with Crippen molar-refractivity contribution >= 4 is 16.8 Å². The number of para-hydroxylation sites is 1. The summed E-state index contributed by atoms with van der Waals surface area (Å²) in [4.78, 5) is 4.14. The highest BCUT2D eigenvalue weighted by atomic mass is 16.3. The van der Waals surface area contributed by atoms with Gasteiger partial charge in [0.15, 0.2) is 0 Å². The molecule has 1 aromatic carbocycles. The molecule has 2 heterocycles. The molecule has 0 amide bonds. The quantitative estimate of drug-likeness (QED) is 0.689. The van der Waals surface area contributed by atoms with E-state index in [0.717, 1.165) is 27.9 Å². The predicted molar refractivity (Wildman–Crippen MR) is 68.6 cm³/mol. The second kappa shape index (κ2) is 3.63. The van der Waals surface area contributed by atoms with Crippen LogP contribution in [0, 0.1) is 6.92 Å². The van der Waals surface area contributed by atoms with Crippen LogP contribution < -0.4 is 5.73 Å². The van der Waals surface area contributed by atoms with Gasteiger partial charge in [-0.15, -0.1) is 0 Å². The number of nitrogen functional groups attached to an aromatic ring is 1. The molecule has 17 heavy (non-hydrogen) atoms. The maximum Gasteiger partial charge on any atom is 0.139 e. The number of aryl methyl sites for hydroxylation is 1. The van der Waals surface area contributed by atoms with E-state index in [0.29, 0.717) is 5.82 Å². The van der Waals surface area contributed by atoms with Gasteiger partial charge in [0.05, 0.1) is 5.56 Å². The van der Waals surface area contributed by atoms with E-state index >= 15 is 0 Å². The summed E-state index contributed by atoms with van der Waals surface area (Å²) in [5.74, 6) is 1.26. The summed E-state index contributed by atoms with van der Waals surface area (Å²) in [6, 6.07) is 11.9. The molecule has 0 saturated carbocycles. The highest BCUT2D eigenvalue weighted by Crippen LogP contribution is 2.30. The Bertz CT molecular complexity index is 653. The van der Waals surface area contributed by atoms with Crippen LogP contribution >= 0.6 is 0 Å². The number of hydrogen-bond acceptors (Lipinski definition) is 3.